The minimum atomic E-state index is -2.94. The smallest absolute Gasteiger partial charge is 0.311 e. The Bertz CT molecular complexity index is 273. The van der Waals surface area contributed by atoms with Crippen molar-refractivity contribution in [2.45, 2.75) is 36.3 Å². The summed E-state index contributed by atoms with van der Waals surface area (Å²) in [6, 6.07) is 0. The van der Waals surface area contributed by atoms with Gasteiger partial charge in [-0.05, 0) is 12.8 Å². The number of thioether (sulfide) groups is 1. The lowest BCUT2D eigenvalue weighted by molar-refractivity contribution is 0.259. The molecule has 1 atom stereocenters. The highest BCUT2D eigenvalue weighted by atomic mass is 32.2. The maximum absolute atomic E-state index is 12.2. The minimum Gasteiger partial charge on any atom is -0.311 e. The van der Waals surface area contributed by atoms with Crippen LogP contribution in [-0.4, -0.2) is 30.6 Å². The first-order chi connectivity index (χ1) is 7.14. The molecule has 0 aromatic heterocycles. The van der Waals surface area contributed by atoms with Crippen molar-refractivity contribution < 1.29 is 13.6 Å². The van der Waals surface area contributed by atoms with Gasteiger partial charge in [0.1, 0.15) is 5.78 Å². The van der Waals surface area contributed by atoms with Gasteiger partial charge >= 0.3 is 7.60 Å². The largest absolute Gasteiger partial charge is 0.347 e. The molecule has 15 heavy (non-hydrogen) atoms. The third kappa shape index (κ3) is 2.13. The monoisotopic (exact) mass is 251 g/mol. The molecule has 1 saturated heterocycles. The molecule has 0 aromatic rings. The van der Waals surface area contributed by atoms with Gasteiger partial charge in [-0.3, -0.25) is 9.88 Å². The molecule has 1 N–H and O–H groups in total. The molecule has 1 saturated carbocycles. The number of hydrogen-bond donors (Lipinski definition) is 1. The van der Waals surface area contributed by atoms with E-state index in [2.05, 4.69) is 5.32 Å². The fourth-order valence-corrected chi connectivity index (χ4v) is 5.83. The fourth-order valence-electron chi connectivity index (χ4n) is 2.36. The fraction of sp³-hybridized carbons (Fsp3) is 1.00. The second-order valence-corrected chi connectivity index (χ2v) is 7.91. The van der Waals surface area contributed by atoms with Crippen LogP contribution in [0.15, 0.2) is 0 Å². The first kappa shape index (κ1) is 11.9. The van der Waals surface area contributed by atoms with Crippen LogP contribution in [0.4, 0.5) is 0 Å². The summed E-state index contributed by atoms with van der Waals surface area (Å²) in [7, 11) is -0.0300. The average Bonchev–Trinajstić information content (AvgIpc) is 2.89. The van der Waals surface area contributed by atoms with Gasteiger partial charge in [0.15, 0.2) is 0 Å². The second-order valence-electron chi connectivity index (χ2n) is 4.08. The summed E-state index contributed by atoms with van der Waals surface area (Å²) < 4.78 is 22.2. The van der Waals surface area contributed by atoms with Crippen LogP contribution in [0.5, 0.6) is 0 Å². The molecule has 0 bridgehead atoms. The second kappa shape index (κ2) is 4.38. The molecule has 1 aliphatic carbocycles. The molecule has 1 aliphatic heterocycles. The van der Waals surface area contributed by atoms with Gasteiger partial charge in [0.25, 0.3) is 0 Å². The molecule has 0 radical (unpaired) electrons. The molecule has 6 heteroatoms. The maximum Gasteiger partial charge on any atom is 0.347 e. The Labute approximate surface area is 95.0 Å². The van der Waals surface area contributed by atoms with Crippen molar-refractivity contribution in [2.75, 3.05) is 20.0 Å². The normalized spacial score (nSPS) is 30.1. The minimum absolute atomic E-state index is 0.143. The molecule has 1 spiro atoms. The highest BCUT2D eigenvalue weighted by Gasteiger charge is 2.48. The van der Waals surface area contributed by atoms with E-state index in [1.807, 2.05) is 11.8 Å². The van der Waals surface area contributed by atoms with Gasteiger partial charge in [0.05, 0.1) is 4.87 Å². The molecule has 2 fully saturated rings. The van der Waals surface area contributed by atoms with Crippen molar-refractivity contribution >= 4 is 19.4 Å². The first-order valence-electron chi connectivity index (χ1n) is 5.27. The molecule has 0 amide bonds. The van der Waals surface area contributed by atoms with E-state index in [9.17, 15) is 4.57 Å². The molecule has 88 valence electrons. The third-order valence-corrected chi connectivity index (χ3v) is 7.17. The van der Waals surface area contributed by atoms with Gasteiger partial charge in [-0.25, -0.2) is 0 Å². The summed E-state index contributed by atoms with van der Waals surface area (Å²) in [6.45, 7) is 0. The predicted octanol–water partition coefficient (Wildman–Crippen LogP) is 2.41. The standard InChI is InChI=1S/C9H18NO3PS/c1-12-14(11,13-2)8-7-15-9(10-8)5-3-4-6-9/h8,10H,3-7H2,1-2H3. The van der Waals surface area contributed by atoms with Crippen molar-refractivity contribution in [1.82, 2.24) is 5.32 Å². The highest BCUT2D eigenvalue weighted by Crippen LogP contribution is 2.57. The molecule has 2 rings (SSSR count). The van der Waals surface area contributed by atoms with Crippen LogP contribution in [0.25, 0.3) is 0 Å². The van der Waals surface area contributed by atoms with Crippen LogP contribution in [-0.2, 0) is 13.6 Å². The Morgan fingerprint density at radius 3 is 2.47 bits per heavy atom. The topological polar surface area (TPSA) is 47.6 Å². The van der Waals surface area contributed by atoms with E-state index in [0.29, 0.717) is 0 Å². The zero-order valence-corrected chi connectivity index (χ0v) is 10.9. The molecule has 1 unspecified atom stereocenters. The first-order valence-corrected chi connectivity index (χ1v) is 7.87. The molecular weight excluding hydrogens is 233 g/mol. The predicted molar refractivity (Wildman–Crippen MR) is 62.2 cm³/mol. The number of nitrogens with one attached hydrogen (secondary N) is 1. The van der Waals surface area contributed by atoms with E-state index < -0.39 is 7.60 Å². The summed E-state index contributed by atoms with van der Waals surface area (Å²) >= 11 is 1.87. The highest BCUT2D eigenvalue weighted by molar-refractivity contribution is 8.01. The Hall–Kier alpha value is 0.460. The van der Waals surface area contributed by atoms with Crippen LogP contribution >= 0.6 is 19.4 Å². The van der Waals surface area contributed by atoms with E-state index in [1.165, 1.54) is 39.9 Å². The van der Waals surface area contributed by atoms with Gasteiger partial charge in [-0.15, -0.1) is 11.8 Å². The SMILES string of the molecule is COP(=O)(OC)C1CSC2(CCCC2)N1. The molecule has 2 aliphatic rings. The van der Waals surface area contributed by atoms with E-state index >= 15 is 0 Å². The zero-order chi connectivity index (χ0) is 10.9. The van der Waals surface area contributed by atoms with Gasteiger partial charge in [0, 0.05) is 20.0 Å². The van der Waals surface area contributed by atoms with Crippen LogP contribution in [0.1, 0.15) is 25.7 Å². The van der Waals surface area contributed by atoms with Crippen molar-refractivity contribution in [3.63, 3.8) is 0 Å². The molecule has 0 aromatic carbocycles. The van der Waals surface area contributed by atoms with E-state index in [1.54, 1.807) is 0 Å². The van der Waals surface area contributed by atoms with Crippen molar-refractivity contribution in [1.29, 1.82) is 0 Å². The summed E-state index contributed by atoms with van der Waals surface area (Å²) in [5.41, 5.74) is 0. The molecular formula is C9H18NO3PS. The lowest BCUT2D eigenvalue weighted by atomic mass is 10.2. The summed E-state index contributed by atoms with van der Waals surface area (Å²) in [5, 5.41) is 3.46. The van der Waals surface area contributed by atoms with E-state index in [4.69, 9.17) is 9.05 Å². The zero-order valence-electron chi connectivity index (χ0n) is 9.19. The van der Waals surface area contributed by atoms with Gasteiger partial charge in [0.2, 0.25) is 0 Å². The van der Waals surface area contributed by atoms with Crippen LogP contribution < -0.4 is 5.32 Å². The lowest BCUT2D eigenvalue weighted by Gasteiger charge is -2.26. The number of hydrogen-bond acceptors (Lipinski definition) is 5. The summed E-state index contributed by atoms with van der Waals surface area (Å²) in [4.78, 5) is 0.150. The van der Waals surface area contributed by atoms with Crippen molar-refractivity contribution in [3.8, 4) is 0 Å². The Kier molecular flexibility index (Phi) is 3.48. The lowest BCUT2D eigenvalue weighted by Crippen LogP contribution is -2.39. The summed E-state index contributed by atoms with van der Waals surface area (Å²) in [6.07, 6.45) is 4.86. The van der Waals surface area contributed by atoms with E-state index in [0.717, 1.165) is 5.75 Å². The van der Waals surface area contributed by atoms with Crippen molar-refractivity contribution in [3.05, 3.63) is 0 Å². The van der Waals surface area contributed by atoms with Crippen LogP contribution in [0, 0.1) is 0 Å². The maximum atomic E-state index is 12.2. The third-order valence-electron chi connectivity index (χ3n) is 3.25. The molecule has 4 nitrogen and oxygen atoms in total. The van der Waals surface area contributed by atoms with Gasteiger partial charge < -0.3 is 9.05 Å². The van der Waals surface area contributed by atoms with Gasteiger partial charge in [-0.1, -0.05) is 12.8 Å². The summed E-state index contributed by atoms with van der Waals surface area (Å²) in [5.74, 6) is 0.675. The quantitative estimate of drug-likeness (QED) is 0.780. The van der Waals surface area contributed by atoms with Crippen LogP contribution in [0.2, 0.25) is 0 Å². The van der Waals surface area contributed by atoms with Crippen LogP contribution in [0.3, 0.4) is 0 Å². The van der Waals surface area contributed by atoms with Crippen molar-refractivity contribution in [2.24, 2.45) is 0 Å². The van der Waals surface area contributed by atoms with Gasteiger partial charge in [-0.2, -0.15) is 0 Å². The Morgan fingerprint density at radius 1 is 1.33 bits per heavy atom. The Morgan fingerprint density at radius 2 is 1.93 bits per heavy atom. The molecule has 1 heterocycles. The Balaban J connectivity index is 2.06. The average molecular weight is 251 g/mol. The van der Waals surface area contributed by atoms with E-state index in [-0.39, 0.29) is 10.7 Å². The number of rotatable bonds is 3.